The first kappa shape index (κ1) is 17.5. The SMILES string of the molecule is CCC(C)C(N)C(=O)N(C)CCSC.Cl. The fourth-order valence-electron chi connectivity index (χ4n) is 1.09. The van der Waals surface area contributed by atoms with Crippen LogP contribution in [0.15, 0.2) is 0 Å². The predicted octanol–water partition coefficient (Wildman–Crippen LogP) is 1.60. The van der Waals surface area contributed by atoms with Crippen LogP contribution in [-0.2, 0) is 4.79 Å². The van der Waals surface area contributed by atoms with E-state index in [4.69, 9.17) is 5.73 Å². The lowest BCUT2D eigenvalue weighted by Crippen LogP contribution is -2.46. The molecule has 2 atom stereocenters. The van der Waals surface area contributed by atoms with Gasteiger partial charge in [-0.15, -0.1) is 12.4 Å². The van der Waals surface area contributed by atoms with Crippen molar-refractivity contribution in [3.63, 3.8) is 0 Å². The molecule has 0 bridgehead atoms. The molecule has 0 heterocycles. The maximum absolute atomic E-state index is 11.7. The quantitative estimate of drug-likeness (QED) is 0.783. The third kappa shape index (κ3) is 6.28. The van der Waals surface area contributed by atoms with Crippen molar-refractivity contribution in [3.8, 4) is 0 Å². The van der Waals surface area contributed by atoms with Gasteiger partial charge in [-0.3, -0.25) is 4.79 Å². The van der Waals surface area contributed by atoms with Crippen molar-refractivity contribution >= 4 is 30.1 Å². The van der Waals surface area contributed by atoms with Crippen LogP contribution in [0, 0.1) is 5.92 Å². The largest absolute Gasteiger partial charge is 0.344 e. The Balaban J connectivity index is 0. The first-order chi connectivity index (χ1) is 6.54. The van der Waals surface area contributed by atoms with Crippen molar-refractivity contribution in [1.29, 1.82) is 0 Å². The number of carbonyl (C=O) groups excluding carboxylic acids is 1. The summed E-state index contributed by atoms with van der Waals surface area (Å²) >= 11 is 1.74. The highest BCUT2D eigenvalue weighted by atomic mass is 35.5. The van der Waals surface area contributed by atoms with Crippen LogP contribution in [0.3, 0.4) is 0 Å². The summed E-state index contributed by atoms with van der Waals surface area (Å²) in [5, 5.41) is 0. The lowest BCUT2D eigenvalue weighted by Gasteiger charge is -2.24. The Hall–Kier alpha value is 0.0700. The third-order valence-electron chi connectivity index (χ3n) is 2.55. The van der Waals surface area contributed by atoms with Gasteiger partial charge in [0.2, 0.25) is 5.91 Å². The van der Waals surface area contributed by atoms with Gasteiger partial charge in [0.15, 0.2) is 0 Å². The van der Waals surface area contributed by atoms with Crippen molar-refractivity contribution in [2.24, 2.45) is 11.7 Å². The van der Waals surface area contributed by atoms with Crippen LogP contribution < -0.4 is 5.73 Å². The van der Waals surface area contributed by atoms with Gasteiger partial charge in [0, 0.05) is 19.3 Å². The van der Waals surface area contributed by atoms with Crippen LogP contribution in [-0.4, -0.2) is 42.4 Å². The standard InChI is InChI=1S/C10H22N2OS.ClH/c1-5-8(2)9(11)10(13)12(3)6-7-14-4;/h8-9H,5-7,11H2,1-4H3;1H. The smallest absolute Gasteiger partial charge is 0.239 e. The molecule has 2 unspecified atom stereocenters. The Bertz CT molecular complexity index is 181. The topological polar surface area (TPSA) is 46.3 Å². The van der Waals surface area contributed by atoms with Gasteiger partial charge in [0.05, 0.1) is 6.04 Å². The van der Waals surface area contributed by atoms with Crippen LogP contribution >= 0.6 is 24.2 Å². The van der Waals surface area contributed by atoms with Gasteiger partial charge in [-0.1, -0.05) is 20.3 Å². The van der Waals surface area contributed by atoms with Crippen LogP contribution in [0.5, 0.6) is 0 Å². The summed E-state index contributed by atoms with van der Waals surface area (Å²) < 4.78 is 0. The zero-order valence-electron chi connectivity index (χ0n) is 10.0. The first-order valence-electron chi connectivity index (χ1n) is 5.04. The minimum atomic E-state index is -0.341. The molecule has 0 aromatic rings. The van der Waals surface area contributed by atoms with Crippen LogP contribution in [0.25, 0.3) is 0 Å². The maximum atomic E-state index is 11.7. The molecule has 0 saturated heterocycles. The average molecular weight is 255 g/mol. The molecule has 2 N–H and O–H groups in total. The molecule has 0 saturated carbocycles. The fraction of sp³-hybridized carbons (Fsp3) is 0.900. The van der Waals surface area contributed by atoms with Crippen LogP contribution in [0.4, 0.5) is 0 Å². The highest BCUT2D eigenvalue weighted by Gasteiger charge is 2.22. The van der Waals surface area contributed by atoms with E-state index in [1.165, 1.54) is 0 Å². The Morgan fingerprint density at radius 3 is 2.47 bits per heavy atom. The molecular weight excluding hydrogens is 232 g/mol. The molecule has 0 radical (unpaired) electrons. The number of rotatable bonds is 6. The molecular formula is C10H23ClN2OS. The number of nitrogens with two attached hydrogens (primary N) is 1. The average Bonchev–Trinajstić information content (AvgIpc) is 2.22. The molecule has 5 heteroatoms. The molecule has 0 aliphatic carbocycles. The van der Waals surface area contributed by atoms with E-state index in [-0.39, 0.29) is 30.3 Å². The van der Waals surface area contributed by atoms with Crippen LogP contribution in [0.1, 0.15) is 20.3 Å². The molecule has 0 aliphatic heterocycles. The zero-order valence-corrected chi connectivity index (χ0v) is 11.7. The lowest BCUT2D eigenvalue weighted by molar-refractivity contribution is -0.132. The number of likely N-dealkylation sites (N-methyl/N-ethyl adjacent to an activating group) is 1. The summed E-state index contributed by atoms with van der Waals surface area (Å²) in [5.41, 5.74) is 5.85. The van der Waals surface area contributed by atoms with Gasteiger partial charge < -0.3 is 10.6 Å². The molecule has 0 aliphatic rings. The van der Waals surface area contributed by atoms with Crippen molar-refractivity contribution in [3.05, 3.63) is 0 Å². The summed E-state index contributed by atoms with van der Waals surface area (Å²) in [6.07, 6.45) is 2.98. The van der Waals surface area contributed by atoms with Gasteiger partial charge >= 0.3 is 0 Å². The highest BCUT2D eigenvalue weighted by molar-refractivity contribution is 7.98. The van der Waals surface area contributed by atoms with Gasteiger partial charge in [0.25, 0.3) is 0 Å². The minimum absolute atomic E-state index is 0. The van der Waals surface area contributed by atoms with Gasteiger partial charge in [-0.05, 0) is 12.2 Å². The predicted molar refractivity (Wildman–Crippen MR) is 70.7 cm³/mol. The van der Waals surface area contributed by atoms with Gasteiger partial charge in [0.1, 0.15) is 0 Å². The van der Waals surface area contributed by atoms with Gasteiger partial charge in [-0.2, -0.15) is 11.8 Å². The summed E-state index contributed by atoms with van der Waals surface area (Å²) in [4.78, 5) is 13.5. The number of nitrogens with zero attached hydrogens (tertiary/aromatic N) is 1. The van der Waals surface area contributed by atoms with E-state index in [1.54, 1.807) is 16.7 Å². The highest BCUT2D eigenvalue weighted by Crippen LogP contribution is 2.08. The van der Waals surface area contributed by atoms with E-state index < -0.39 is 0 Å². The maximum Gasteiger partial charge on any atom is 0.239 e. The van der Waals surface area contributed by atoms with E-state index in [9.17, 15) is 4.79 Å². The van der Waals surface area contributed by atoms with E-state index in [0.717, 1.165) is 18.7 Å². The Morgan fingerprint density at radius 1 is 1.53 bits per heavy atom. The van der Waals surface area contributed by atoms with Crippen molar-refractivity contribution < 1.29 is 4.79 Å². The second-order valence-electron chi connectivity index (χ2n) is 3.66. The number of carbonyl (C=O) groups is 1. The third-order valence-corrected chi connectivity index (χ3v) is 3.14. The Morgan fingerprint density at radius 2 is 2.07 bits per heavy atom. The van der Waals surface area contributed by atoms with Crippen molar-refractivity contribution in [2.75, 3.05) is 25.6 Å². The van der Waals surface area contributed by atoms with E-state index in [2.05, 4.69) is 6.92 Å². The Kier molecular flexibility index (Phi) is 10.8. The fourth-order valence-corrected chi connectivity index (χ4v) is 1.55. The molecule has 0 spiro atoms. The van der Waals surface area contributed by atoms with E-state index in [0.29, 0.717) is 0 Å². The number of amides is 1. The lowest BCUT2D eigenvalue weighted by atomic mass is 9.99. The number of hydrogen-bond donors (Lipinski definition) is 1. The molecule has 3 nitrogen and oxygen atoms in total. The van der Waals surface area contributed by atoms with Gasteiger partial charge in [-0.25, -0.2) is 0 Å². The zero-order chi connectivity index (χ0) is 11.1. The first-order valence-corrected chi connectivity index (χ1v) is 6.43. The number of halogens is 1. The van der Waals surface area contributed by atoms with Crippen molar-refractivity contribution in [2.45, 2.75) is 26.3 Å². The normalized spacial score (nSPS) is 13.9. The van der Waals surface area contributed by atoms with E-state index >= 15 is 0 Å². The molecule has 0 aromatic heterocycles. The second kappa shape index (κ2) is 9.31. The second-order valence-corrected chi connectivity index (χ2v) is 4.65. The minimum Gasteiger partial charge on any atom is -0.344 e. The molecule has 0 fully saturated rings. The molecule has 92 valence electrons. The molecule has 1 amide bonds. The molecule has 0 aromatic carbocycles. The summed E-state index contributed by atoms with van der Waals surface area (Å²) in [6, 6.07) is -0.341. The summed E-state index contributed by atoms with van der Waals surface area (Å²) in [7, 11) is 1.82. The monoisotopic (exact) mass is 254 g/mol. The molecule has 15 heavy (non-hydrogen) atoms. The summed E-state index contributed by atoms with van der Waals surface area (Å²) in [5.74, 6) is 1.29. The van der Waals surface area contributed by atoms with Crippen LogP contribution in [0.2, 0.25) is 0 Å². The van der Waals surface area contributed by atoms with Crippen molar-refractivity contribution in [1.82, 2.24) is 4.90 Å². The number of thioether (sulfide) groups is 1. The van der Waals surface area contributed by atoms with E-state index in [1.807, 2.05) is 20.2 Å². The molecule has 0 rings (SSSR count). The summed E-state index contributed by atoms with van der Waals surface area (Å²) in [6.45, 7) is 4.86. The Labute approximate surface area is 104 Å². The number of hydrogen-bond acceptors (Lipinski definition) is 3.